The highest BCUT2D eigenvalue weighted by Crippen LogP contribution is 2.35. The van der Waals surface area contributed by atoms with Crippen LogP contribution in [0.2, 0.25) is 10.0 Å². The Morgan fingerprint density at radius 3 is 2.47 bits per heavy atom. The molecule has 0 amide bonds. The van der Waals surface area contributed by atoms with Crippen molar-refractivity contribution in [3.05, 3.63) is 28.2 Å². The summed E-state index contributed by atoms with van der Waals surface area (Å²) >= 11 is 12.6. The molecule has 0 aliphatic carbocycles. The van der Waals surface area contributed by atoms with Crippen LogP contribution in [-0.2, 0) is 10.1 Å². The van der Waals surface area contributed by atoms with E-state index in [0.717, 1.165) is 11.3 Å². The average Bonchev–Trinajstić information content (AvgIpc) is 2.46. The molecule has 2 rings (SSSR count). The second-order valence-electron chi connectivity index (χ2n) is 2.84. The molecule has 0 atom stereocenters. The molecule has 0 unspecified atom stereocenters. The zero-order valence-electron chi connectivity index (χ0n) is 7.07. The minimum atomic E-state index is -4.18. The van der Waals surface area contributed by atoms with E-state index in [-0.39, 0.29) is 4.21 Å². The first-order valence-corrected chi connectivity index (χ1v) is 6.75. The van der Waals surface area contributed by atoms with Gasteiger partial charge in [-0.1, -0.05) is 23.2 Å². The van der Waals surface area contributed by atoms with Gasteiger partial charge in [0.25, 0.3) is 0 Å². The van der Waals surface area contributed by atoms with Gasteiger partial charge in [-0.25, -0.2) is 0 Å². The molecule has 1 N–H and O–H groups in total. The van der Waals surface area contributed by atoms with Gasteiger partial charge in [0.1, 0.15) is 4.21 Å². The van der Waals surface area contributed by atoms with Gasteiger partial charge in [0.05, 0.1) is 5.02 Å². The summed E-state index contributed by atoms with van der Waals surface area (Å²) in [4.78, 5) is 0. The lowest BCUT2D eigenvalue weighted by atomic mass is 10.3. The lowest BCUT2D eigenvalue weighted by molar-refractivity contribution is 0.485. The smallest absolute Gasteiger partial charge is 0.281 e. The largest absolute Gasteiger partial charge is 0.304 e. The highest BCUT2D eigenvalue weighted by atomic mass is 35.5. The van der Waals surface area contributed by atoms with Crippen molar-refractivity contribution in [2.45, 2.75) is 4.21 Å². The van der Waals surface area contributed by atoms with Crippen molar-refractivity contribution < 1.29 is 13.0 Å². The molecule has 1 aromatic heterocycles. The quantitative estimate of drug-likeness (QED) is 0.815. The molecule has 15 heavy (non-hydrogen) atoms. The van der Waals surface area contributed by atoms with Crippen LogP contribution in [-0.4, -0.2) is 13.0 Å². The van der Waals surface area contributed by atoms with Gasteiger partial charge in [-0.05, 0) is 18.2 Å². The highest BCUT2D eigenvalue weighted by Gasteiger charge is 2.15. The Balaban J connectivity index is 2.82. The molecule has 1 aromatic carbocycles. The standard InChI is InChI=1S/C8H4Cl2O3S2/c9-4-1-6(10)5-3-8(15(11,12)13)14-7(5)2-4/h1-3H,(H,11,12,13). The van der Waals surface area contributed by atoms with E-state index in [0.29, 0.717) is 20.1 Å². The Labute approximate surface area is 100.0 Å². The van der Waals surface area contributed by atoms with Crippen LogP contribution >= 0.6 is 34.5 Å². The van der Waals surface area contributed by atoms with Crippen LogP contribution in [0.1, 0.15) is 0 Å². The summed E-state index contributed by atoms with van der Waals surface area (Å²) in [6.07, 6.45) is 0. The summed E-state index contributed by atoms with van der Waals surface area (Å²) in [5.74, 6) is 0. The fourth-order valence-corrected chi connectivity index (χ4v) is 3.65. The predicted octanol–water partition coefficient (Wildman–Crippen LogP) is 3.45. The predicted molar refractivity (Wildman–Crippen MR) is 61.7 cm³/mol. The third-order valence-corrected chi connectivity index (χ3v) is 4.70. The number of thiophene rings is 1. The van der Waals surface area contributed by atoms with Crippen molar-refractivity contribution in [3.8, 4) is 0 Å². The van der Waals surface area contributed by atoms with E-state index in [1.807, 2.05) is 0 Å². The molecule has 1 heterocycles. The van der Waals surface area contributed by atoms with Gasteiger partial charge in [0.2, 0.25) is 0 Å². The van der Waals surface area contributed by atoms with Crippen LogP contribution < -0.4 is 0 Å². The zero-order valence-corrected chi connectivity index (χ0v) is 10.2. The first kappa shape index (κ1) is 11.2. The molecule has 0 bridgehead atoms. The molecule has 0 aliphatic heterocycles. The molecular weight excluding hydrogens is 279 g/mol. The fourth-order valence-electron chi connectivity index (χ4n) is 1.17. The van der Waals surface area contributed by atoms with Gasteiger partial charge in [-0.3, -0.25) is 4.55 Å². The molecule has 80 valence electrons. The molecule has 0 aliphatic rings. The van der Waals surface area contributed by atoms with Gasteiger partial charge >= 0.3 is 10.1 Å². The summed E-state index contributed by atoms with van der Waals surface area (Å²) in [6, 6.07) is 4.45. The molecule has 0 saturated carbocycles. The lowest BCUT2D eigenvalue weighted by Crippen LogP contribution is -1.93. The van der Waals surface area contributed by atoms with Crippen LogP contribution in [0.4, 0.5) is 0 Å². The van der Waals surface area contributed by atoms with Gasteiger partial charge in [0, 0.05) is 15.1 Å². The molecule has 0 fully saturated rings. The number of halogens is 2. The number of hydrogen-bond donors (Lipinski definition) is 1. The minimum absolute atomic E-state index is 0.137. The lowest BCUT2D eigenvalue weighted by Gasteiger charge is -1.93. The molecular formula is C8H4Cl2O3S2. The Kier molecular flexibility index (Phi) is 2.68. The van der Waals surface area contributed by atoms with Gasteiger partial charge in [0.15, 0.2) is 0 Å². The van der Waals surface area contributed by atoms with Crippen LogP contribution in [0.15, 0.2) is 22.4 Å². The molecule has 0 radical (unpaired) electrons. The van der Waals surface area contributed by atoms with E-state index in [4.69, 9.17) is 27.8 Å². The fraction of sp³-hybridized carbons (Fsp3) is 0. The number of hydrogen-bond acceptors (Lipinski definition) is 3. The Bertz CT molecular complexity index is 631. The van der Waals surface area contributed by atoms with E-state index < -0.39 is 10.1 Å². The minimum Gasteiger partial charge on any atom is -0.281 e. The average molecular weight is 283 g/mol. The maximum atomic E-state index is 10.9. The molecule has 7 heteroatoms. The maximum Gasteiger partial charge on any atom is 0.304 e. The maximum absolute atomic E-state index is 10.9. The van der Waals surface area contributed by atoms with Crippen molar-refractivity contribution >= 4 is 54.7 Å². The molecule has 0 saturated heterocycles. The number of benzene rings is 1. The van der Waals surface area contributed by atoms with Crippen LogP contribution in [0, 0.1) is 0 Å². The number of rotatable bonds is 1. The van der Waals surface area contributed by atoms with Gasteiger partial charge in [-0.2, -0.15) is 8.42 Å². The topological polar surface area (TPSA) is 54.4 Å². The van der Waals surface area contributed by atoms with Gasteiger partial charge in [-0.15, -0.1) is 11.3 Å². The monoisotopic (exact) mass is 282 g/mol. The Morgan fingerprint density at radius 1 is 1.20 bits per heavy atom. The van der Waals surface area contributed by atoms with Crippen LogP contribution in [0.3, 0.4) is 0 Å². The number of fused-ring (bicyclic) bond motifs is 1. The summed E-state index contributed by atoms with van der Waals surface area (Å²) < 4.78 is 31.1. The van der Waals surface area contributed by atoms with Crippen LogP contribution in [0.5, 0.6) is 0 Å². The van der Waals surface area contributed by atoms with Crippen LogP contribution in [0.25, 0.3) is 10.1 Å². The van der Waals surface area contributed by atoms with Crippen molar-refractivity contribution in [1.82, 2.24) is 0 Å². The van der Waals surface area contributed by atoms with E-state index >= 15 is 0 Å². The Hall–Kier alpha value is -0.330. The molecule has 3 nitrogen and oxygen atoms in total. The normalized spacial score (nSPS) is 12.2. The van der Waals surface area contributed by atoms with E-state index in [1.165, 1.54) is 12.1 Å². The van der Waals surface area contributed by atoms with Crippen molar-refractivity contribution in [1.29, 1.82) is 0 Å². The summed E-state index contributed by atoms with van der Waals surface area (Å²) in [5.41, 5.74) is 0. The zero-order chi connectivity index (χ0) is 11.2. The first-order chi connectivity index (χ1) is 6.88. The summed E-state index contributed by atoms with van der Waals surface area (Å²) in [5, 5.41) is 1.36. The van der Waals surface area contributed by atoms with E-state index in [1.54, 1.807) is 6.07 Å². The Morgan fingerprint density at radius 2 is 1.87 bits per heavy atom. The highest BCUT2D eigenvalue weighted by molar-refractivity contribution is 7.88. The second kappa shape index (κ2) is 3.61. The first-order valence-electron chi connectivity index (χ1n) is 3.74. The van der Waals surface area contributed by atoms with E-state index in [2.05, 4.69) is 0 Å². The van der Waals surface area contributed by atoms with Gasteiger partial charge < -0.3 is 0 Å². The van der Waals surface area contributed by atoms with Crippen molar-refractivity contribution in [2.24, 2.45) is 0 Å². The third kappa shape index (κ3) is 2.11. The molecule has 2 aromatic rings. The SMILES string of the molecule is O=S(=O)(O)c1cc2c(Cl)cc(Cl)cc2s1. The summed E-state index contributed by atoms with van der Waals surface area (Å²) in [7, 11) is -4.18. The second-order valence-corrected chi connectivity index (χ2v) is 6.42. The van der Waals surface area contributed by atoms with Crippen molar-refractivity contribution in [2.75, 3.05) is 0 Å². The van der Waals surface area contributed by atoms with Crippen molar-refractivity contribution in [3.63, 3.8) is 0 Å². The van der Waals surface area contributed by atoms with E-state index in [9.17, 15) is 8.42 Å². The molecule has 0 spiro atoms. The third-order valence-electron chi connectivity index (χ3n) is 1.78. The summed E-state index contributed by atoms with van der Waals surface area (Å²) in [6.45, 7) is 0.